The summed E-state index contributed by atoms with van der Waals surface area (Å²) in [6, 6.07) is 8.21. The van der Waals surface area contributed by atoms with Crippen LogP contribution in [-0.4, -0.2) is 32.1 Å². The fraction of sp³-hybridized carbons (Fsp3) is 0.600. The van der Waals surface area contributed by atoms with Crippen LogP contribution >= 0.6 is 0 Å². The predicted octanol–water partition coefficient (Wildman–Crippen LogP) is 3.50. The van der Waals surface area contributed by atoms with E-state index in [1.165, 1.54) is 31.4 Å². The zero-order valence-electron chi connectivity index (χ0n) is 11.4. The van der Waals surface area contributed by atoms with Gasteiger partial charge in [-0.15, -0.1) is 0 Å². The van der Waals surface area contributed by atoms with Crippen LogP contribution in [0.4, 0.5) is 0 Å². The van der Waals surface area contributed by atoms with Gasteiger partial charge in [-0.25, -0.2) is 0 Å². The van der Waals surface area contributed by atoms with Gasteiger partial charge in [0, 0.05) is 0 Å². The molecule has 0 spiro atoms. The van der Waals surface area contributed by atoms with Gasteiger partial charge >= 0.3 is 0 Å². The SMILES string of the molecule is Cc1ccccc1OCCCCCCN(C)C. The van der Waals surface area contributed by atoms with Crippen molar-refractivity contribution in [3.8, 4) is 5.75 Å². The Labute approximate surface area is 106 Å². The van der Waals surface area contributed by atoms with Gasteiger partial charge < -0.3 is 9.64 Å². The largest absolute Gasteiger partial charge is 0.493 e. The van der Waals surface area contributed by atoms with Gasteiger partial charge in [0.2, 0.25) is 0 Å². The van der Waals surface area contributed by atoms with Crippen molar-refractivity contribution in [2.45, 2.75) is 32.6 Å². The predicted molar refractivity (Wildman–Crippen MR) is 73.7 cm³/mol. The Morgan fingerprint density at radius 3 is 2.41 bits per heavy atom. The third kappa shape index (κ3) is 6.32. The van der Waals surface area contributed by atoms with E-state index in [2.05, 4.69) is 32.0 Å². The Morgan fingerprint density at radius 2 is 1.71 bits per heavy atom. The van der Waals surface area contributed by atoms with Gasteiger partial charge in [0.25, 0.3) is 0 Å². The second kappa shape index (κ2) is 8.13. The van der Waals surface area contributed by atoms with Gasteiger partial charge in [0.15, 0.2) is 0 Å². The Hall–Kier alpha value is -1.02. The molecule has 2 heteroatoms. The Kier molecular flexibility index (Phi) is 6.71. The van der Waals surface area contributed by atoms with E-state index in [0.717, 1.165) is 18.8 Å². The highest BCUT2D eigenvalue weighted by Crippen LogP contribution is 2.16. The molecule has 1 aromatic rings. The number of benzene rings is 1. The average Bonchev–Trinajstić information content (AvgIpc) is 2.30. The van der Waals surface area contributed by atoms with Crippen molar-refractivity contribution in [1.82, 2.24) is 4.90 Å². The molecule has 0 atom stereocenters. The third-order valence-corrected chi connectivity index (χ3v) is 2.85. The molecule has 1 aromatic carbocycles. The summed E-state index contributed by atoms with van der Waals surface area (Å²) in [5.41, 5.74) is 1.22. The van der Waals surface area contributed by atoms with Crippen molar-refractivity contribution in [2.24, 2.45) is 0 Å². The molecule has 0 saturated heterocycles. The van der Waals surface area contributed by atoms with Crippen LogP contribution in [-0.2, 0) is 0 Å². The number of nitrogens with zero attached hydrogens (tertiary/aromatic N) is 1. The Bertz CT molecular complexity index is 310. The summed E-state index contributed by atoms with van der Waals surface area (Å²) in [4.78, 5) is 2.24. The van der Waals surface area contributed by atoms with Gasteiger partial charge in [-0.05, 0) is 52.0 Å². The highest BCUT2D eigenvalue weighted by atomic mass is 16.5. The van der Waals surface area contributed by atoms with E-state index < -0.39 is 0 Å². The Balaban J connectivity index is 2.03. The second-order valence-electron chi connectivity index (χ2n) is 4.83. The fourth-order valence-electron chi connectivity index (χ4n) is 1.78. The van der Waals surface area contributed by atoms with Crippen molar-refractivity contribution in [3.63, 3.8) is 0 Å². The molecule has 0 aromatic heterocycles. The molecule has 0 radical (unpaired) electrons. The molecule has 0 saturated carbocycles. The molecule has 0 aliphatic heterocycles. The van der Waals surface area contributed by atoms with Crippen LogP contribution in [0.1, 0.15) is 31.2 Å². The molecule has 0 bridgehead atoms. The summed E-state index contributed by atoms with van der Waals surface area (Å²) in [5.74, 6) is 1.03. The lowest BCUT2D eigenvalue weighted by molar-refractivity contribution is 0.300. The minimum atomic E-state index is 0.840. The number of hydrogen-bond acceptors (Lipinski definition) is 2. The summed E-state index contributed by atoms with van der Waals surface area (Å²) in [5, 5.41) is 0. The second-order valence-corrected chi connectivity index (χ2v) is 4.83. The molecule has 1 rings (SSSR count). The highest BCUT2D eigenvalue weighted by molar-refractivity contribution is 5.31. The topological polar surface area (TPSA) is 12.5 Å². The molecule has 2 nitrogen and oxygen atoms in total. The number of unbranched alkanes of at least 4 members (excludes halogenated alkanes) is 3. The van der Waals surface area contributed by atoms with Crippen LogP contribution < -0.4 is 4.74 Å². The first-order valence-electron chi connectivity index (χ1n) is 6.53. The molecule has 0 fully saturated rings. The Morgan fingerprint density at radius 1 is 1.00 bits per heavy atom. The monoisotopic (exact) mass is 235 g/mol. The summed E-state index contributed by atoms with van der Waals surface area (Å²) < 4.78 is 5.75. The van der Waals surface area contributed by atoms with E-state index in [1.807, 2.05) is 18.2 Å². The molecular formula is C15H25NO. The number of hydrogen-bond donors (Lipinski definition) is 0. The van der Waals surface area contributed by atoms with Crippen molar-refractivity contribution in [1.29, 1.82) is 0 Å². The molecule has 17 heavy (non-hydrogen) atoms. The number of aryl methyl sites for hydroxylation is 1. The lowest BCUT2D eigenvalue weighted by atomic mass is 10.2. The molecule has 0 unspecified atom stereocenters. The van der Waals surface area contributed by atoms with E-state index in [0.29, 0.717) is 0 Å². The number of rotatable bonds is 8. The van der Waals surface area contributed by atoms with Crippen LogP contribution in [0.5, 0.6) is 5.75 Å². The summed E-state index contributed by atoms with van der Waals surface area (Å²) in [6.45, 7) is 4.12. The normalized spacial score (nSPS) is 10.8. The van der Waals surface area contributed by atoms with Gasteiger partial charge in [0.05, 0.1) is 6.61 Å². The minimum absolute atomic E-state index is 0.840. The molecular weight excluding hydrogens is 210 g/mol. The van der Waals surface area contributed by atoms with Gasteiger partial charge in [-0.3, -0.25) is 0 Å². The number of para-hydroxylation sites is 1. The van der Waals surface area contributed by atoms with E-state index >= 15 is 0 Å². The maximum absolute atomic E-state index is 5.75. The van der Waals surface area contributed by atoms with Crippen molar-refractivity contribution < 1.29 is 4.74 Å². The lowest BCUT2D eigenvalue weighted by Gasteiger charge is -2.10. The van der Waals surface area contributed by atoms with Crippen molar-refractivity contribution >= 4 is 0 Å². The minimum Gasteiger partial charge on any atom is -0.493 e. The first-order chi connectivity index (χ1) is 8.20. The van der Waals surface area contributed by atoms with Gasteiger partial charge in [-0.2, -0.15) is 0 Å². The zero-order valence-corrected chi connectivity index (χ0v) is 11.4. The van der Waals surface area contributed by atoms with E-state index in [1.54, 1.807) is 0 Å². The van der Waals surface area contributed by atoms with Gasteiger partial charge in [0.1, 0.15) is 5.75 Å². The molecule has 96 valence electrons. The average molecular weight is 235 g/mol. The lowest BCUT2D eigenvalue weighted by Crippen LogP contribution is -2.12. The maximum Gasteiger partial charge on any atom is 0.122 e. The van der Waals surface area contributed by atoms with Crippen LogP contribution in [0.25, 0.3) is 0 Å². The molecule has 0 aliphatic carbocycles. The van der Waals surface area contributed by atoms with Crippen LogP contribution in [0.15, 0.2) is 24.3 Å². The molecule has 0 heterocycles. The molecule has 0 amide bonds. The van der Waals surface area contributed by atoms with E-state index in [4.69, 9.17) is 4.74 Å². The smallest absolute Gasteiger partial charge is 0.122 e. The van der Waals surface area contributed by atoms with Gasteiger partial charge in [-0.1, -0.05) is 31.0 Å². The molecule has 0 aliphatic rings. The third-order valence-electron chi connectivity index (χ3n) is 2.85. The standard InChI is InChI=1S/C15H25NO/c1-14-10-6-7-11-15(14)17-13-9-5-4-8-12-16(2)3/h6-7,10-11H,4-5,8-9,12-13H2,1-3H3. The molecule has 0 N–H and O–H groups in total. The van der Waals surface area contributed by atoms with E-state index in [-0.39, 0.29) is 0 Å². The first-order valence-corrected chi connectivity index (χ1v) is 6.53. The summed E-state index contributed by atoms with van der Waals surface area (Å²) in [7, 11) is 4.25. The van der Waals surface area contributed by atoms with E-state index in [9.17, 15) is 0 Å². The quantitative estimate of drug-likeness (QED) is 0.639. The maximum atomic E-state index is 5.75. The first kappa shape index (κ1) is 14.0. The van der Waals surface area contributed by atoms with Crippen LogP contribution in [0.2, 0.25) is 0 Å². The fourth-order valence-corrected chi connectivity index (χ4v) is 1.78. The van der Waals surface area contributed by atoms with Crippen LogP contribution in [0.3, 0.4) is 0 Å². The van der Waals surface area contributed by atoms with Crippen molar-refractivity contribution in [2.75, 3.05) is 27.2 Å². The zero-order chi connectivity index (χ0) is 12.5. The summed E-state index contributed by atoms with van der Waals surface area (Å²) in [6.07, 6.45) is 5.01. The number of ether oxygens (including phenoxy) is 1. The summed E-state index contributed by atoms with van der Waals surface area (Å²) >= 11 is 0. The van der Waals surface area contributed by atoms with Crippen LogP contribution in [0, 0.1) is 6.92 Å². The highest BCUT2D eigenvalue weighted by Gasteiger charge is 1.97. The van der Waals surface area contributed by atoms with Crippen molar-refractivity contribution in [3.05, 3.63) is 29.8 Å².